The standard InChI is InChI=1S/C14H23N3S2/c1-5-18-7-6-10(2)15-8-13-12(4)16-14-17(13)9-11(3)19-14/h9-10,15H,5-8H2,1-4H3. The van der Waals surface area contributed by atoms with Gasteiger partial charge in [0.15, 0.2) is 4.96 Å². The van der Waals surface area contributed by atoms with Gasteiger partial charge in [0, 0.05) is 23.7 Å². The van der Waals surface area contributed by atoms with Crippen LogP contribution in [0, 0.1) is 13.8 Å². The van der Waals surface area contributed by atoms with E-state index >= 15 is 0 Å². The second-order valence-electron chi connectivity index (χ2n) is 4.91. The fourth-order valence-electron chi connectivity index (χ4n) is 2.10. The van der Waals surface area contributed by atoms with Gasteiger partial charge in [0.25, 0.3) is 0 Å². The normalized spacial score (nSPS) is 13.3. The lowest BCUT2D eigenvalue weighted by Gasteiger charge is -2.13. The Kier molecular flexibility index (Phi) is 5.30. The Morgan fingerprint density at radius 2 is 2.26 bits per heavy atom. The number of aryl methyl sites for hydroxylation is 2. The minimum absolute atomic E-state index is 0.559. The zero-order valence-corrected chi connectivity index (χ0v) is 13.8. The van der Waals surface area contributed by atoms with Crippen LogP contribution in [0.2, 0.25) is 0 Å². The summed E-state index contributed by atoms with van der Waals surface area (Å²) in [6.07, 6.45) is 3.41. The fraction of sp³-hybridized carbons (Fsp3) is 0.643. The van der Waals surface area contributed by atoms with Crippen LogP contribution in [-0.4, -0.2) is 26.9 Å². The van der Waals surface area contributed by atoms with E-state index in [4.69, 9.17) is 0 Å². The van der Waals surface area contributed by atoms with Crippen LogP contribution in [0.25, 0.3) is 4.96 Å². The summed E-state index contributed by atoms with van der Waals surface area (Å²) in [5, 5.41) is 3.62. The molecule has 5 heteroatoms. The molecule has 2 heterocycles. The predicted molar refractivity (Wildman–Crippen MR) is 86.5 cm³/mol. The Balaban J connectivity index is 1.95. The van der Waals surface area contributed by atoms with Gasteiger partial charge in [0.2, 0.25) is 0 Å². The highest BCUT2D eigenvalue weighted by molar-refractivity contribution is 7.99. The lowest BCUT2D eigenvalue weighted by Crippen LogP contribution is -2.26. The molecule has 0 aliphatic carbocycles. The van der Waals surface area contributed by atoms with E-state index in [1.54, 1.807) is 11.3 Å². The van der Waals surface area contributed by atoms with Crippen LogP contribution in [0.15, 0.2) is 6.20 Å². The number of thioether (sulfide) groups is 1. The van der Waals surface area contributed by atoms with Gasteiger partial charge in [-0.2, -0.15) is 11.8 Å². The molecule has 0 fully saturated rings. The lowest BCUT2D eigenvalue weighted by molar-refractivity contribution is 0.530. The van der Waals surface area contributed by atoms with Gasteiger partial charge in [-0.1, -0.05) is 6.92 Å². The molecular formula is C14H23N3S2. The maximum atomic E-state index is 4.62. The summed E-state index contributed by atoms with van der Waals surface area (Å²) >= 11 is 3.77. The third-order valence-corrected chi connectivity index (χ3v) is 5.09. The van der Waals surface area contributed by atoms with E-state index < -0.39 is 0 Å². The van der Waals surface area contributed by atoms with Gasteiger partial charge in [-0.05, 0) is 38.7 Å². The third kappa shape index (κ3) is 3.74. The number of hydrogen-bond donors (Lipinski definition) is 1. The Hall–Kier alpha value is -0.520. The SMILES string of the molecule is CCSCCC(C)NCc1c(C)nc2sc(C)cn12. The van der Waals surface area contributed by atoms with E-state index in [1.807, 2.05) is 11.8 Å². The van der Waals surface area contributed by atoms with E-state index in [9.17, 15) is 0 Å². The van der Waals surface area contributed by atoms with Gasteiger partial charge in [0.1, 0.15) is 0 Å². The van der Waals surface area contributed by atoms with Crippen LogP contribution >= 0.6 is 23.1 Å². The van der Waals surface area contributed by atoms with Crippen molar-refractivity contribution in [1.29, 1.82) is 0 Å². The van der Waals surface area contributed by atoms with E-state index in [0.29, 0.717) is 6.04 Å². The summed E-state index contributed by atoms with van der Waals surface area (Å²) in [6.45, 7) is 9.62. The molecule has 1 atom stereocenters. The number of hydrogen-bond acceptors (Lipinski definition) is 4. The molecule has 2 aromatic rings. The molecule has 2 aromatic heterocycles. The number of thiazole rings is 1. The Morgan fingerprint density at radius 3 is 3.00 bits per heavy atom. The molecule has 0 radical (unpaired) electrons. The number of nitrogens with one attached hydrogen (secondary N) is 1. The van der Waals surface area contributed by atoms with Crippen molar-refractivity contribution in [1.82, 2.24) is 14.7 Å². The average molecular weight is 297 g/mol. The van der Waals surface area contributed by atoms with Crippen molar-refractivity contribution in [3.8, 4) is 0 Å². The van der Waals surface area contributed by atoms with E-state index in [2.05, 4.69) is 48.6 Å². The molecule has 0 aromatic carbocycles. The topological polar surface area (TPSA) is 29.3 Å². The third-order valence-electron chi connectivity index (χ3n) is 3.26. The first-order valence-corrected chi connectivity index (χ1v) is 8.84. The Morgan fingerprint density at radius 1 is 1.47 bits per heavy atom. The fourth-order valence-corrected chi connectivity index (χ4v) is 3.80. The van der Waals surface area contributed by atoms with Crippen molar-refractivity contribution in [2.75, 3.05) is 11.5 Å². The zero-order chi connectivity index (χ0) is 13.8. The molecule has 1 unspecified atom stereocenters. The monoisotopic (exact) mass is 297 g/mol. The van der Waals surface area contributed by atoms with Gasteiger partial charge in [-0.15, -0.1) is 11.3 Å². The summed E-state index contributed by atoms with van der Waals surface area (Å²) in [6, 6.07) is 0.559. The van der Waals surface area contributed by atoms with Crippen LogP contribution in [-0.2, 0) is 6.54 Å². The number of imidazole rings is 1. The summed E-state index contributed by atoms with van der Waals surface area (Å²) < 4.78 is 2.23. The van der Waals surface area contributed by atoms with Crippen molar-refractivity contribution in [3.05, 3.63) is 22.5 Å². The van der Waals surface area contributed by atoms with Gasteiger partial charge in [-0.3, -0.25) is 4.40 Å². The summed E-state index contributed by atoms with van der Waals surface area (Å²) in [5.74, 6) is 2.45. The van der Waals surface area contributed by atoms with Crippen LogP contribution in [0.5, 0.6) is 0 Å². The summed E-state index contributed by atoms with van der Waals surface area (Å²) in [5.41, 5.74) is 2.45. The number of fused-ring (bicyclic) bond motifs is 1. The lowest BCUT2D eigenvalue weighted by atomic mass is 10.2. The molecule has 0 amide bonds. The molecule has 0 aliphatic rings. The van der Waals surface area contributed by atoms with Crippen molar-refractivity contribution < 1.29 is 0 Å². The zero-order valence-electron chi connectivity index (χ0n) is 12.2. The molecule has 3 nitrogen and oxygen atoms in total. The Labute approximate surface area is 123 Å². The molecule has 0 saturated heterocycles. The molecule has 1 N–H and O–H groups in total. The van der Waals surface area contributed by atoms with Gasteiger partial charge in [-0.25, -0.2) is 4.98 Å². The van der Waals surface area contributed by atoms with E-state index in [-0.39, 0.29) is 0 Å². The minimum Gasteiger partial charge on any atom is -0.309 e. The second kappa shape index (κ2) is 6.77. The van der Waals surface area contributed by atoms with Crippen LogP contribution in [0.1, 0.15) is 36.5 Å². The van der Waals surface area contributed by atoms with E-state index in [1.165, 1.54) is 28.5 Å². The molecular weight excluding hydrogens is 274 g/mol. The van der Waals surface area contributed by atoms with Gasteiger partial charge < -0.3 is 5.32 Å². The van der Waals surface area contributed by atoms with E-state index in [0.717, 1.165) is 17.2 Å². The summed E-state index contributed by atoms with van der Waals surface area (Å²) in [4.78, 5) is 7.05. The summed E-state index contributed by atoms with van der Waals surface area (Å²) in [7, 11) is 0. The van der Waals surface area contributed by atoms with Gasteiger partial charge >= 0.3 is 0 Å². The average Bonchev–Trinajstić information content (AvgIpc) is 2.82. The van der Waals surface area contributed by atoms with Crippen LogP contribution < -0.4 is 5.32 Å². The molecule has 0 aliphatic heterocycles. The molecule has 0 saturated carbocycles. The van der Waals surface area contributed by atoms with Crippen molar-refractivity contribution in [2.45, 2.75) is 46.7 Å². The smallest absolute Gasteiger partial charge is 0.194 e. The highest BCUT2D eigenvalue weighted by atomic mass is 32.2. The van der Waals surface area contributed by atoms with Crippen LogP contribution in [0.3, 0.4) is 0 Å². The second-order valence-corrected chi connectivity index (χ2v) is 7.51. The maximum absolute atomic E-state index is 4.62. The van der Waals surface area contributed by atoms with Crippen molar-refractivity contribution >= 4 is 28.1 Å². The molecule has 19 heavy (non-hydrogen) atoms. The largest absolute Gasteiger partial charge is 0.309 e. The molecule has 2 rings (SSSR count). The first-order valence-electron chi connectivity index (χ1n) is 6.87. The molecule has 106 valence electrons. The van der Waals surface area contributed by atoms with Gasteiger partial charge in [0.05, 0.1) is 11.4 Å². The molecule has 0 bridgehead atoms. The number of rotatable bonds is 7. The minimum atomic E-state index is 0.559. The number of nitrogens with zero attached hydrogens (tertiary/aromatic N) is 2. The van der Waals surface area contributed by atoms with Crippen molar-refractivity contribution in [2.24, 2.45) is 0 Å². The van der Waals surface area contributed by atoms with Crippen molar-refractivity contribution in [3.63, 3.8) is 0 Å². The Bertz CT molecular complexity index is 530. The highest BCUT2D eigenvalue weighted by Gasteiger charge is 2.11. The maximum Gasteiger partial charge on any atom is 0.194 e. The van der Waals surface area contributed by atoms with Crippen LogP contribution in [0.4, 0.5) is 0 Å². The highest BCUT2D eigenvalue weighted by Crippen LogP contribution is 2.20. The quantitative estimate of drug-likeness (QED) is 0.791. The first kappa shape index (κ1) is 14.9. The first-order chi connectivity index (χ1) is 9.11. The predicted octanol–water partition coefficient (Wildman–Crippen LogP) is 3.63. The number of aromatic nitrogens is 2. The molecule has 0 spiro atoms.